The lowest BCUT2D eigenvalue weighted by Gasteiger charge is -2.05. The van der Waals surface area contributed by atoms with Crippen molar-refractivity contribution in [3.05, 3.63) is 65.5 Å². The summed E-state index contributed by atoms with van der Waals surface area (Å²) < 4.78 is 5.17. The number of pyridine rings is 1. The number of methoxy groups -OCH3 is 1. The third-order valence-corrected chi connectivity index (χ3v) is 2.79. The topological polar surface area (TPSA) is 39.2 Å². The molecule has 0 aliphatic carbocycles. The molecule has 96 valence electrons. The van der Waals surface area contributed by atoms with Crippen molar-refractivity contribution in [2.24, 2.45) is 0 Å². The number of aromatic nitrogens is 1. The second-order valence-corrected chi connectivity index (χ2v) is 4.17. The van der Waals surface area contributed by atoms with Gasteiger partial charge in [-0.05, 0) is 54.5 Å². The smallest absolute Gasteiger partial charge is 0.185 e. The van der Waals surface area contributed by atoms with Crippen molar-refractivity contribution < 1.29 is 9.53 Å². The van der Waals surface area contributed by atoms with Gasteiger partial charge < -0.3 is 4.74 Å². The molecule has 0 atom stereocenters. The molecule has 0 amide bonds. The SMILES string of the molecule is COc1ccc(C(=O)/C=C/c2cccnc2)cc1C. The summed E-state index contributed by atoms with van der Waals surface area (Å²) in [5.41, 5.74) is 2.50. The molecular weight excluding hydrogens is 238 g/mol. The average Bonchev–Trinajstić information content (AvgIpc) is 2.45. The van der Waals surface area contributed by atoms with Crippen LogP contribution in [0.5, 0.6) is 5.75 Å². The maximum absolute atomic E-state index is 12.0. The Kier molecular flexibility index (Phi) is 4.08. The molecule has 3 nitrogen and oxygen atoms in total. The lowest BCUT2D eigenvalue weighted by Crippen LogP contribution is -1.96. The molecule has 1 aromatic heterocycles. The van der Waals surface area contributed by atoms with Crippen LogP contribution in [0.3, 0.4) is 0 Å². The molecule has 2 aromatic rings. The summed E-state index contributed by atoms with van der Waals surface area (Å²) >= 11 is 0. The van der Waals surface area contributed by atoms with Crippen molar-refractivity contribution in [2.75, 3.05) is 7.11 Å². The number of aryl methyl sites for hydroxylation is 1. The minimum atomic E-state index is -0.0328. The van der Waals surface area contributed by atoms with E-state index in [4.69, 9.17) is 4.74 Å². The molecule has 0 saturated carbocycles. The highest BCUT2D eigenvalue weighted by Crippen LogP contribution is 2.19. The Labute approximate surface area is 112 Å². The predicted octanol–water partition coefficient (Wildman–Crippen LogP) is 3.29. The Morgan fingerprint density at radius 3 is 2.79 bits per heavy atom. The fraction of sp³-hybridized carbons (Fsp3) is 0.125. The number of nitrogens with zero attached hydrogens (tertiary/aromatic N) is 1. The minimum Gasteiger partial charge on any atom is -0.496 e. The Hall–Kier alpha value is -2.42. The van der Waals surface area contributed by atoms with Crippen LogP contribution < -0.4 is 4.74 Å². The van der Waals surface area contributed by atoms with Crippen LogP contribution in [0.4, 0.5) is 0 Å². The monoisotopic (exact) mass is 253 g/mol. The fourth-order valence-corrected chi connectivity index (χ4v) is 1.77. The number of rotatable bonds is 4. The number of carbonyl (C=O) groups is 1. The van der Waals surface area contributed by atoms with Crippen molar-refractivity contribution in [3.8, 4) is 5.75 Å². The van der Waals surface area contributed by atoms with Gasteiger partial charge >= 0.3 is 0 Å². The lowest BCUT2D eigenvalue weighted by atomic mass is 10.1. The molecular formula is C16H15NO2. The maximum atomic E-state index is 12.0. The lowest BCUT2D eigenvalue weighted by molar-refractivity contribution is 0.104. The van der Waals surface area contributed by atoms with Gasteiger partial charge in [-0.1, -0.05) is 6.07 Å². The molecule has 0 N–H and O–H groups in total. The maximum Gasteiger partial charge on any atom is 0.185 e. The molecule has 19 heavy (non-hydrogen) atoms. The molecule has 0 saturated heterocycles. The fourth-order valence-electron chi connectivity index (χ4n) is 1.77. The first kappa shape index (κ1) is 13.0. The van der Waals surface area contributed by atoms with Gasteiger partial charge in [0.15, 0.2) is 5.78 Å². The van der Waals surface area contributed by atoms with E-state index in [2.05, 4.69) is 4.98 Å². The number of hydrogen-bond donors (Lipinski definition) is 0. The molecule has 0 aliphatic heterocycles. The van der Waals surface area contributed by atoms with Crippen LogP contribution in [0.25, 0.3) is 6.08 Å². The van der Waals surface area contributed by atoms with Crippen molar-refractivity contribution in [3.63, 3.8) is 0 Å². The van der Waals surface area contributed by atoms with E-state index in [1.165, 1.54) is 0 Å². The standard InChI is InChI=1S/C16H15NO2/c1-12-10-14(6-8-16(12)19-2)15(18)7-5-13-4-3-9-17-11-13/h3-11H,1-2H3/b7-5+. The molecule has 0 bridgehead atoms. The van der Waals surface area contributed by atoms with Gasteiger partial charge in [-0.15, -0.1) is 0 Å². The van der Waals surface area contributed by atoms with E-state index < -0.39 is 0 Å². The van der Waals surface area contributed by atoms with Crippen LogP contribution in [0.2, 0.25) is 0 Å². The van der Waals surface area contributed by atoms with Crippen LogP contribution >= 0.6 is 0 Å². The van der Waals surface area contributed by atoms with Crippen molar-refractivity contribution in [1.82, 2.24) is 4.98 Å². The van der Waals surface area contributed by atoms with E-state index >= 15 is 0 Å². The number of hydrogen-bond acceptors (Lipinski definition) is 3. The van der Waals surface area contributed by atoms with E-state index in [1.54, 1.807) is 43.8 Å². The predicted molar refractivity (Wildman–Crippen MR) is 75.3 cm³/mol. The van der Waals surface area contributed by atoms with Gasteiger partial charge in [0.1, 0.15) is 5.75 Å². The van der Waals surface area contributed by atoms with Gasteiger partial charge in [-0.3, -0.25) is 9.78 Å². The van der Waals surface area contributed by atoms with E-state index in [0.717, 1.165) is 16.9 Å². The summed E-state index contributed by atoms with van der Waals surface area (Å²) in [6, 6.07) is 9.13. The third kappa shape index (κ3) is 3.28. The Morgan fingerprint density at radius 1 is 1.32 bits per heavy atom. The van der Waals surface area contributed by atoms with Crippen LogP contribution in [0.1, 0.15) is 21.5 Å². The van der Waals surface area contributed by atoms with E-state index in [-0.39, 0.29) is 5.78 Å². The van der Waals surface area contributed by atoms with Crippen molar-refractivity contribution in [1.29, 1.82) is 0 Å². The largest absolute Gasteiger partial charge is 0.496 e. The summed E-state index contributed by atoms with van der Waals surface area (Å²) in [5, 5.41) is 0. The number of ether oxygens (including phenoxy) is 1. The molecule has 2 rings (SSSR count). The molecule has 0 fully saturated rings. The van der Waals surface area contributed by atoms with Crippen LogP contribution in [0.15, 0.2) is 48.8 Å². The molecule has 0 aliphatic rings. The summed E-state index contributed by atoms with van der Waals surface area (Å²) in [4.78, 5) is 16.0. The highest BCUT2D eigenvalue weighted by molar-refractivity contribution is 6.07. The first-order valence-corrected chi connectivity index (χ1v) is 5.98. The van der Waals surface area contributed by atoms with Gasteiger partial charge in [-0.25, -0.2) is 0 Å². The molecule has 1 aromatic carbocycles. The van der Waals surface area contributed by atoms with Gasteiger partial charge in [0, 0.05) is 18.0 Å². The number of benzene rings is 1. The zero-order valence-electron chi connectivity index (χ0n) is 11.0. The Bertz CT molecular complexity index is 603. The second-order valence-electron chi connectivity index (χ2n) is 4.17. The number of carbonyl (C=O) groups excluding carboxylic acids is 1. The highest BCUT2D eigenvalue weighted by atomic mass is 16.5. The molecule has 3 heteroatoms. The highest BCUT2D eigenvalue weighted by Gasteiger charge is 2.05. The summed E-state index contributed by atoms with van der Waals surface area (Å²) in [6.07, 6.45) is 6.72. The average molecular weight is 253 g/mol. The third-order valence-electron chi connectivity index (χ3n) is 2.79. The number of allylic oxidation sites excluding steroid dienone is 1. The van der Waals surface area contributed by atoms with Gasteiger partial charge in [0.2, 0.25) is 0 Å². The molecule has 0 radical (unpaired) electrons. The first-order chi connectivity index (χ1) is 9.20. The Morgan fingerprint density at radius 2 is 2.16 bits per heavy atom. The quantitative estimate of drug-likeness (QED) is 0.620. The van der Waals surface area contributed by atoms with Gasteiger partial charge in [0.25, 0.3) is 0 Å². The first-order valence-electron chi connectivity index (χ1n) is 5.98. The number of ketones is 1. The summed E-state index contributed by atoms with van der Waals surface area (Å²) in [6.45, 7) is 1.92. The summed E-state index contributed by atoms with van der Waals surface area (Å²) in [5.74, 6) is 0.752. The van der Waals surface area contributed by atoms with E-state index in [1.807, 2.05) is 25.1 Å². The van der Waals surface area contributed by atoms with E-state index in [0.29, 0.717) is 5.56 Å². The molecule has 0 unspecified atom stereocenters. The Balaban J connectivity index is 2.16. The van der Waals surface area contributed by atoms with Gasteiger partial charge in [0.05, 0.1) is 7.11 Å². The van der Waals surface area contributed by atoms with Crippen LogP contribution in [0, 0.1) is 6.92 Å². The van der Waals surface area contributed by atoms with Gasteiger partial charge in [-0.2, -0.15) is 0 Å². The van der Waals surface area contributed by atoms with Crippen molar-refractivity contribution >= 4 is 11.9 Å². The zero-order chi connectivity index (χ0) is 13.7. The molecule has 1 heterocycles. The molecule has 0 spiro atoms. The van der Waals surface area contributed by atoms with E-state index in [9.17, 15) is 4.79 Å². The normalized spacial score (nSPS) is 10.6. The van der Waals surface area contributed by atoms with Crippen LogP contribution in [-0.2, 0) is 0 Å². The second kappa shape index (κ2) is 5.96. The van der Waals surface area contributed by atoms with Crippen molar-refractivity contribution in [2.45, 2.75) is 6.92 Å². The van der Waals surface area contributed by atoms with Crippen LogP contribution in [-0.4, -0.2) is 17.9 Å². The summed E-state index contributed by atoms with van der Waals surface area (Å²) in [7, 11) is 1.62. The minimum absolute atomic E-state index is 0.0328. The zero-order valence-corrected chi connectivity index (χ0v) is 11.0.